The number of nitrogens with zero attached hydrogens (tertiary/aromatic N) is 2. The van der Waals surface area contributed by atoms with Crippen LogP contribution >= 0.6 is 0 Å². The third kappa shape index (κ3) is 3.26. The molecular formula is C19H20FN3. The number of benzene rings is 2. The van der Waals surface area contributed by atoms with E-state index in [-0.39, 0.29) is 5.82 Å². The predicted octanol–water partition coefficient (Wildman–Crippen LogP) is 4.73. The smallest absolute Gasteiger partial charge is 0.137 e. The van der Waals surface area contributed by atoms with E-state index in [0.29, 0.717) is 0 Å². The number of nitrogens with one attached hydrogen (secondary N) is 1. The number of anilines is 1. The molecule has 1 N–H and O–H groups in total. The second kappa shape index (κ2) is 6.65. The summed E-state index contributed by atoms with van der Waals surface area (Å²) >= 11 is 0. The van der Waals surface area contributed by atoms with Crippen LogP contribution in [0.25, 0.3) is 22.6 Å². The van der Waals surface area contributed by atoms with Crippen molar-refractivity contribution in [2.45, 2.75) is 13.8 Å². The normalized spacial score (nSPS) is 10.7. The van der Waals surface area contributed by atoms with Crippen LogP contribution in [0.2, 0.25) is 0 Å². The lowest BCUT2D eigenvalue weighted by molar-refractivity contribution is 0.628. The van der Waals surface area contributed by atoms with Crippen LogP contribution in [-0.4, -0.2) is 23.1 Å². The molecule has 3 aromatic rings. The van der Waals surface area contributed by atoms with E-state index in [2.05, 4.69) is 53.0 Å². The van der Waals surface area contributed by atoms with E-state index in [0.717, 1.165) is 35.7 Å². The summed E-state index contributed by atoms with van der Waals surface area (Å²) in [6.45, 7) is 6.29. The van der Waals surface area contributed by atoms with Crippen LogP contribution in [0, 0.1) is 5.82 Å². The van der Waals surface area contributed by atoms with Gasteiger partial charge in [-0.1, -0.05) is 0 Å². The van der Waals surface area contributed by atoms with Crippen LogP contribution in [0.1, 0.15) is 13.8 Å². The van der Waals surface area contributed by atoms with Gasteiger partial charge in [0.1, 0.15) is 11.6 Å². The van der Waals surface area contributed by atoms with E-state index < -0.39 is 0 Å². The van der Waals surface area contributed by atoms with Gasteiger partial charge in [0, 0.05) is 24.3 Å². The molecule has 3 nitrogen and oxygen atoms in total. The molecule has 2 aromatic carbocycles. The number of halogens is 1. The van der Waals surface area contributed by atoms with Crippen LogP contribution in [-0.2, 0) is 0 Å². The highest BCUT2D eigenvalue weighted by molar-refractivity contribution is 5.66. The van der Waals surface area contributed by atoms with Crippen LogP contribution in [0.4, 0.5) is 10.1 Å². The Morgan fingerprint density at radius 3 is 2.13 bits per heavy atom. The van der Waals surface area contributed by atoms with E-state index in [9.17, 15) is 4.39 Å². The molecule has 0 radical (unpaired) electrons. The zero-order valence-corrected chi connectivity index (χ0v) is 13.4. The highest BCUT2D eigenvalue weighted by atomic mass is 19.1. The van der Waals surface area contributed by atoms with Crippen molar-refractivity contribution < 1.29 is 4.39 Å². The SMILES string of the molecule is CCN(CC)c1ccc(-c2ncc(-c3ccc(F)cc3)[nH]2)cc1. The molecule has 1 aromatic heterocycles. The number of rotatable bonds is 5. The Hall–Kier alpha value is -2.62. The van der Waals surface area contributed by atoms with Crippen LogP contribution < -0.4 is 4.90 Å². The minimum absolute atomic E-state index is 0.236. The van der Waals surface area contributed by atoms with Crippen molar-refractivity contribution >= 4 is 5.69 Å². The Morgan fingerprint density at radius 2 is 1.52 bits per heavy atom. The van der Waals surface area contributed by atoms with E-state index in [1.54, 1.807) is 18.3 Å². The number of aromatic amines is 1. The maximum Gasteiger partial charge on any atom is 0.137 e. The van der Waals surface area contributed by atoms with E-state index in [1.807, 2.05) is 0 Å². The average molecular weight is 309 g/mol. The lowest BCUT2D eigenvalue weighted by atomic mass is 10.1. The minimum Gasteiger partial charge on any atom is -0.372 e. The van der Waals surface area contributed by atoms with Gasteiger partial charge in [0.15, 0.2) is 0 Å². The standard InChI is InChI=1S/C19H20FN3/c1-3-23(4-2)17-11-7-15(8-12-17)19-21-13-18(22-19)14-5-9-16(20)10-6-14/h5-13H,3-4H2,1-2H3,(H,21,22). The Morgan fingerprint density at radius 1 is 0.913 bits per heavy atom. The Labute approximate surface area is 135 Å². The molecule has 118 valence electrons. The van der Waals surface area contributed by atoms with Crippen molar-refractivity contribution in [2.75, 3.05) is 18.0 Å². The van der Waals surface area contributed by atoms with Crippen LogP contribution in [0.15, 0.2) is 54.7 Å². The number of hydrogen-bond donors (Lipinski definition) is 1. The summed E-state index contributed by atoms with van der Waals surface area (Å²) in [5, 5.41) is 0. The van der Waals surface area contributed by atoms with Crippen molar-refractivity contribution in [1.82, 2.24) is 9.97 Å². The first-order chi connectivity index (χ1) is 11.2. The van der Waals surface area contributed by atoms with Crippen LogP contribution in [0.3, 0.4) is 0 Å². The summed E-state index contributed by atoms with van der Waals surface area (Å²) < 4.78 is 13.0. The van der Waals surface area contributed by atoms with Gasteiger partial charge in [0.05, 0.1) is 11.9 Å². The fourth-order valence-corrected chi connectivity index (χ4v) is 2.66. The van der Waals surface area contributed by atoms with Crippen molar-refractivity contribution in [1.29, 1.82) is 0 Å². The highest BCUT2D eigenvalue weighted by Crippen LogP contribution is 2.24. The molecule has 1 heterocycles. The molecule has 0 atom stereocenters. The van der Waals surface area contributed by atoms with Crippen molar-refractivity contribution in [3.63, 3.8) is 0 Å². The molecule has 0 spiro atoms. The Balaban J connectivity index is 1.84. The molecule has 0 unspecified atom stereocenters. The molecule has 0 bridgehead atoms. The molecule has 23 heavy (non-hydrogen) atoms. The average Bonchev–Trinajstić information content (AvgIpc) is 3.07. The minimum atomic E-state index is -0.236. The summed E-state index contributed by atoms with van der Waals surface area (Å²) in [4.78, 5) is 10.0. The van der Waals surface area contributed by atoms with Gasteiger partial charge >= 0.3 is 0 Å². The molecule has 0 saturated heterocycles. The first-order valence-corrected chi connectivity index (χ1v) is 7.87. The monoisotopic (exact) mass is 309 g/mol. The molecule has 0 saturated carbocycles. The third-order valence-electron chi connectivity index (χ3n) is 4.00. The fourth-order valence-electron chi connectivity index (χ4n) is 2.66. The Kier molecular flexibility index (Phi) is 4.42. The summed E-state index contributed by atoms with van der Waals surface area (Å²) in [6, 6.07) is 14.8. The van der Waals surface area contributed by atoms with E-state index >= 15 is 0 Å². The largest absolute Gasteiger partial charge is 0.372 e. The third-order valence-corrected chi connectivity index (χ3v) is 4.00. The molecular weight excluding hydrogens is 289 g/mol. The molecule has 0 fully saturated rings. The molecule has 3 rings (SSSR count). The zero-order valence-electron chi connectivity index (χ0n) is 13.4. The number of aromatic nitrogens is 2. The molecule has 0 aliphatic rings. The van der Waals surface area contributed by atoms with Gasteiger partial charge in [-0.05, 0) is 67.9 Å². The molecule has 0 amide bonds. The van der Waals surface area contributed by atoms with Gasteiger partial charge in [-0.2, -0.15) is 0 Å². The second-order valence-corrected chi connectivity index (χ2v) is 5.37. The van der Waals surface area contributed by atoms with E-state index in [4.69, 9.17) is 0 Å². The summed E-state index contributed by atoms with van der Waals surface area (Å²) in [5.74, 6) is 0.580. The quantitative estimate of drug-likeness (QED) is 0.739. The fraction of sp³-hybridized carbons (Fsp3) is 0.211. The highest BCUT2D eigenvalue weighted by Gasteiger charge is 2.07. The zero-order chi connectivity index (χ0) is 16.2. The summed E-state index contributed by atoms with van der Waals surface area (Å²) in [7, 11) is 0. The maximum absolute atomic E-state index is 13.0. The van der Waals surface area contributed by atoms with Crippen molar-refractivity contribution in [2.24, 2.45) is 0 Å². The number of H-pyrrole nitrogens is 1. The van der Waals surface area contributed by atoms with Crippen LogP contribution in [0.5, 0.6) is 0 Å². The van der Waals surface area contributed by atoms with Gasteiger partial charge in [-0.15, -0.1) is 0 Å². The first-order valence-electron chi connectivity index (χ1n) is 7.87. The number of imidazole rings is 1. The Bertz CT molecular complexity index is 756. The predicted molar refractivity (Wildman–Crippen MR) is 93.0 cm³/mol. The molecule has 0 aliphatic carbocycles. The number of hydrogen-bond acceptors (Lipinski definition) is 2. The second-order valence-electron chi connectivity index (χ2n) is 5.37. The van der Waals surface area contributed by atoms with Gasteiger partial charge in [0.2, 0.25) is 0 Å². The maximum atomic E-state index is 13.0. The van der Waals surface area contributed by atoms with Gasteiger partial charge < -0.3 is 9.88 Å². The van der Waals surface area contributed by atoms with Crippen molar-refractivity contribution in [3.8, 4) is 22.6 Å². The lowest BCUT2D eigenvalue weighted by Crippen LogP contribution is -2.21. The van der Waals surface area contributed by atoms with Gasteiger partial charge in [0.25, 0.3) is 0 Å². The lowest BCUT2D eigenvalue weighted by Gasteiger charge is -2.20. The molecule has 4 heteroatoms. The topological polar surface area (TPSA) is 31.9 Å². The van der Waals surface area contributed by atoms with E-state index in [1.165, 1.54) is 17.8 Å². The van der Waals surface area contributed by atoms with Crippen molar-refractivity contribution in [3.05, 3.63) is 60.5 Å². The first kappa shape index (κ1) is 15.3. The summed E-state index contributed by atoms with van der Waals surface area (Å²) in [6.07, 6.45) is 1.78. The summed E-state index contributed by atoms with van der Waals surface area (Å²) in [5.41, 5.74) is 4.05. The molecule has 0 aliphatic heterocycles. The van der Waals surface area contributed by atoms with Gasteiger partial charge in [-0.25, -0.2) is 9.37 Å². The van der Waals surface area contributed by atoms with Gasteiger partial charge in [-0.3, -0.25) is 0 Å².